The van der Waals surface area contributed by atoms with Gasteiger partial charge in [0.15, 0.2) is 0 Å². The second-order valence-electron chi connectivity index (χ2n) is 10.5. The van der Waals surface area contributed by atoms with Gasteiger partial charge in [0.1, 0.15) is 0 Å². The largest absolute Gasteiger partial charge is 0.309 e. The summed E-state index contributed by atoms with van der Waals surface area (Å²) in [5.41, 5.74) is 11.2. The number of nitrogens with zero attached hydrogens (tertiary/aromatic N) is 3. The molecule has 0 atom stereocenters. The van der Waals surface area contributed by atoms with E-state index in [0.29, 0.717) is 0 Å². The molecule has 0 N–H and O–H groups in total. The van der Waals surface area contributed by atoms with Crippen molar-refractivity contribution in [3.05, 3.63) is 164 Å². The highest BCUT2D eigenvalue weighted by Crippen LogP contribution is 2.34. The summed E-state index contributed by atoms with van der Waals surface area (Å²) in [6.45, 7) is 0. The predicted octanol–water partition coefficient (Wildman–Crippen LogP) is 9.97. The molecule has 3 heteroatoms. The van der Waals surface area contributed by atoms with Crippen LogP contribution in [0.2, 0.25) is 0 Å². The third-order valence-corrected chi connectivity index (χ3v) is 7.98. The van der Waals surface area contributed by atoms with Gasteiger partial charge in [0, 0.05) is 27.6 Å². The molecule has 0 aliphatic heterocycles. The SMILES string of the molecule is c1ccc(-c2cc(-c3ccccc3)n(-c3ccc(-c4cccc(-n5c6ccccc6c6ccccc65)c4)cc3)n2)cc1. The van der Waals surface area contributed by atoms with Crippen LogP contribution in [-0.2, 0) is 0 Å². The third kappa shape index (κ3) is 4.11. The number of para-hydroxylation sites is 2. The highest BCUT2D eigenvalue weighted by atomic mass is 15.3. The Bertz CT molecular complexity index is 2120. The van der Waals surface area contributed by atoms with Crippen LogP contribution < -0.4 is 0 Å². The number of hydrogen-bond acceptors (Lipinski definition) is 1. The Morgan fingerprint density at radius 2 is 0.952 bits per heavy atom. The Morgan fingerprint density at radius 1 is 0.381 bits per heavy atom. The minimum atomic E-state index is 0.956. The molecular weight excluding hydrogens is 510 g/mol. The van der Waals surface area contributed by atoms with E-state index in [9.17, 15) is 0 Å². The van der Waals surface area contributed by atoms with Gasteiger partial charge < -0.3 is 4.57 Å². The van der Waals surface area contributed by atoms with E-state index in [0.717, 1.165) is 39.5 Å². The highest BCUT2D eigenvalue weighted by Gasteiger charge is 2.14. The predicted molar refractivity (Wildman–Crippen MR) is 174 cm³/mol. The van der Waals surface area contributed by atoms with Gasteiger partial charge in [-0.1, -0.05) is 121 Å². The maximum atomic E-state index is 5.05. The highest BCUT2D eigenvalue weighted by molar-refractivity contribution is 6.09. The van der Waals surface area contributed by atoms with Crippen LogP contribution in [-0.4, -0.2) is 14.3 Å². The zero-order valence-electron chi connectivity index (χ0n) is 22.9. The quantitative estimate of drug-likeness (QED) is 0.214. The summed E-state index contributed by atoms with van der Waals surface area (Å²) < 4.78 is 4.42. The summed E-state index contributed by atoms with van der Waals surface area (Å²) in [6.07, 6.45) is 0. The van der Waals surface area contributed by atoms with Gasteiger partial charge in [-0.25, -0.2) is 4.68 Å². The van der Waals surface area contributed by atoms with Gasteiger partial charge in [0.05, 0.1) is 28.1 Å². The monoisotopic (exact) mass is 537 g/mol. The zero-order chi connectivity index (χ0) is 27.9. The van der Waals surface area contributed by atoms with Crippen LogP contribution in [0.5, 0.6) is 0 Å². The molecule has 8 rings (SSSR count). The maximum absolute atomic E-state index is 5.05. The van der Waals surface area contributed by atoms with E-state index in [1.807, 2.05) is 12.1 Å². The number of hydrogen-bond donors (Lipinski definition) is 0. The molecule has 0 fully saturated rings. The minimum Gasteiger partial charge on any atom is -0.309 e. The molecule has 3 nitrogen and oxygen atoms in total. The van der Waals surface area contributed by atoms with E-state index < -0.39 is 0 Å². The van der Waals surface area contributed by atoms with Crippen LogP contribution in [0.15, 0.2) is 164 Å². The van der Waals surface area contributed by atoms with E-state index in [1.165, 1.54) is 27.4 Å². The Labute approximate surface area is 244 Å². The molecule has 0 spiro atoms. The average molecular weight is 538 g/mol. The molecule has 0 saturated heterocycles. The van der Waals surface area contributed by atoms with Crippen molar-refractivity contribution in [1.29, 1.82) is 0 Å². The first-order valence-corrected chi connectivity index (χ1v) is 14.2. The van der Waals surface area contributed by atoms with E-state index in [4.69, 9.17) is 5.10 Å². The van der Waals surface area contributed by atoms with Gasteiger partial charge >= 0.3 is 0 Å². The first-order valence-electron chi connectivity index (χ1n) is 14.2. The number of rotatable bonds is 5. The van der Waals surface area contributed by atoms with Crippen LogP contribution >= 0.6 is 0 Å². The number of aromatic nitrogens is 3. The topological polar surface area (TPSA) is 22.8 Å². The molecule has 2 aromatic heterocycles. The summed E-state index contributed by atoms with van der Waals surface area (Å²) in [4.78, 5) is 0. The molecule has 0 unspecified atom stereocenters. The second kappa shape index (κ2) is 10.1. The molecule has 0 bridgehead atoms. The van der Waals surface area contributed by atoms with Gasteiger partial charge in [-0.2, -0.15) is 5.10 Å². The van der Waals surface area contributed by atoms with Crippen molar-refractivity contribution >= 4 is 21.8 Å². The Kier molecular flexibility index (Phi) is 5.79. The number of benzene rings is 6. The first kappa shape index (κ1) is 24.2. The van der Waals surface area contributed by atoms with Crippen LogP contribution in [0.3, 0.4) is 0 Å². The average Bonchev–Trinajstić information content (AvgIpc) is 3.66. The van der Waals surface area contributed by atoms with E-state index >= 15 is 0 Å². The van der Waals surface area contributed by atoms with Crippen molar-refractivity contribution in [3.8, 4) is 45.0 Å². The zero-order valence-corrected chi connectivity index (χ0v) is 22.9. The second-order valence-corrected chi connectivity index (χ2v) is 10.5. The van der Waals surface area contributed by atoms with Crippen molar-refractivity contribution in [2.24, 2.45) is 0 Å². The van der Waals surface area contributed by atoms with Crippen molar-refractivity contribution in [2.75, 3.05) is 0 Å². The lowest BCUT2D eigenvalue weighted by molar-refractivity contribution is 0.892. The molecule has 42 heavy (non-hydrogen) atoms. The van der Waals surface area contributed by atoms with E-state index in [-0.39, 0.29) is 0 Å². The van der Waals surface area contributed by atoms with Crippen molar-refractivity contribution < 1.29 is 0 Å². The van der Waals surface area contributed by atoms with Crippen molar-refractivity contribution in [2.45, 2.75) is 0 Å². The fraction of sp³-hybridized carbons (Fsp3) is 0. The number of fused-ring (bicyclic) bond motifs is 3. The van der Waals surface area contributed by atoms with Crippen LogP contribution in [0.4, 0.5) is 0 Å². The molecule has 0 saturated carbocycles. The van der Waals surface area contributed by atoms with Crippen LogP contribution in [0.25, 0.3) is 66.8 Å². The molecule has 8 aromatic rings. The summed E-state index contributed by atoms with van der Waals surface area (Å²) in [6, 6.07) is 57.8. The first-order chi connectivity index (χ1) is 20.8. The molecule has 0 aliphatic rings. The summed E-state index contributed by atoms with van der Waals surface area (Å²) >= 11 is 0. The van der Waals surface area contributed by atoms with Gasteiger partial charge in [0.25, 0.3) is 0 Å². The van der Waals surface area contributed by atoms with Gasteiger partial charge in [-0.05, 0) is 53.6 Å². The maximum Gasteiger partial charge on any atom is 0.0934 e. The standard InChI is InChI=1S/C39H27N3/c1-3-12-29(13-4-1)36-27-39(30-14-5-2-6-15-30)42(40-36)32-24-22-28(23-25-32)31-16-11-17-33(26-31)41-37-20-9-7-18-34(37)35-19-8-10-21-38(35)41/h1-27H. The normalized spacial score (nSPS) is 11.3. The Hall–Kier alpha value is -5.67. The van der Waals surface area contributed by atoms with E-state index in [2.05, 4.69) is 161 Å². The minimum absolute atomic E-state index is 0.956. The van der Waals surface area contributed by atoms with Crippen molar-refractivity contribution in [1.82, 2.24) is 14.3 Å². The van der Waals surface area contributed by atoms with Crippen LogP contribution in [0.1, 0.15) is 0 Å². The smallest absolute Gasteiger partial charge is 0.0934 e. The van der Waals surface area contributed by atoms with Crippen LogP contribution in [0, 0.1) is 0 Å². The Balaban J connectivity index is 1.20. The fourth-order valence-corrected chi connectivity index (χ4v) is 5.96. The van der Waals surface area contributed by atoms with Gasteiger partial charge in [0.2, 0.25) is 0 Å². The molecular formula is C39H27N3. The summed E-state index contributed by atoms with van der Waals surface area (Å²) in [5.74, 6) is 0. The lowest BCUT2D eigenvalue weighted by atomic mass is 10.0. The molecule has 0 amide bonds. The summed E-state index contributed by atoms with van der Waals surface area (Å²) in [7, 11) is 0. The molecule has 198 valence electrons. The van der Waals surface area contributed by atoms with E-state index in [1.54, 1.807) is 0 Å². The lowest BCUT2D eigenvalue weighted by Crippen LogP contribution is -1.99. The molecule has 0 aliphatic carbocycles. The summed E-state index contributed by atoms with van der Waals surface area (Å²) in [5, 5.41) is 7.59. The Morgan fingerprint density at radius 3 is 1.62 bits per heavy atom. The van der Waals surface area contributed by atoms with Gasteiger partial charge in [-0.3, -0.25) is 0 Å². The lowest BCUT2D eigenvalue weighted by Gasteiger charge is -2.11. The molecule has 2 heterocycles. The van der Waals surface area contributed by atoms with Crippen molar-refractivity contribution in [3.63, 3.8) is 0 Å². The van der Waals surface area contributed by atoms with Gasteiger partial charge in [-0.15, -0.1) is 0 Å². The molecule has 0 radical (unpaired) electrons. The third-order valence-electron chi connectivity index (χ3n) is 7.98. The fourth-order valence-electron chi connectivity index (χ4n) is 5.96. The molecule has 6 aromatic carbocycles.